The van der Waals surface area contributed by atoms with E-state index in [2.05, 4.69) is 19.6 Å². The van der Waals surface area contributed by atoms with E-state index in [9.17, 15) is 4.39 Å². The minimum Gasteiger partial charge on any atom is -0.297 e. The Kier molecular flexibility index (Phi) is 4.26. The molecule has 3 aromatic rings. The summed E-state index contributed by atoms with van der Waals surface area (Å²) in [5, 5.41) is 8.25. The normalized spacial score (nSPS) is 11.3. The molecule has 0 aliphatic carbocycles. The van der Waals surface area contributed by atoms with Crippen molar-refractivity contribution in [2.24, 2.45) is 0 Å². The Hall–Kier alpha value is -2.12. The van der Waals surface area contributed by atoms with Crippen LogP contribution in [0.15, 0.2) is 36.7 Å². The molecule has 22 heavy (non-hydrogen) atoms. The first kappa shape index (κ1) is 14.8. The fraction of sp³-hybridized carbons (Fsp3) is 0.267. The summed E-state index contributed by atoms with van der Waals surface area (Å²) in [6.07, 6.45) is 3.57. The molecule has 0 radical (unpaired) electrons. The van der Waals surface area contributed by atoms with Crippen molar-refractivity contribution in [1.29, 1.82) is 0 Å². The first-order valence-corrected chi connectivity index (χ1v) is 7.65. The van der Waals surface area contributed by atoms with Crippen LogP contribution in [0.4, 0.5) is 4.39 Å². The van der Waals surface area contributed by atoms with E-state index in [4.69, 9.17) is 0 Å². The van der Waals surface area contributed by atoms with Gasteiger partial charge >= 0.3 is 0 Å². The summed E-state index contributed by atoms with van der Waals surface area (Å²) in [7, 11) is 2.00. The zero-order valence-electron chi connectivity index (χ0n) is 12.4. The van der Waals surface area contributed by atoms with E-state index in [-0.39, 0.29) is 5.82 Å². The third kappa shape index (κ3) is 3.20. The maximum absolute atomic E-state index is 13.6. The molecule has 0 unspecified atom stereocenters. The van der Waals surface area contributed by atoms with Crippen molar-refractivity contribution in [3.8, 4) is 5.69 Å². The Morgan fingerprint density at radius 3 is 2.86 bits per heavy atom. The van der Waals surface area contributed by atoms with E-state index in [0.717, 1.165) is 28.4 Å². The van der Waals surface area contributed by atoms with Crippen LogP contribution in [-0.4, -0.2) is 31.3 Å². The lowest BCUT2D eigenvalue weighted by atomic mass is 10.1. The molecule has 0 N–H and O–H groups in total. The Labute approximate surface area is 132 Å². The minimum absolute atomic E-state index is 0.241. The van der Waals surface area contributed by atoms with Crippen LogP contribution in [0.3, 0.4) is 0 Å². The van der Waals surface area contributed by atoms with Gasteiger partial charge in [0, 0.05) is 25.5 Å². The van der Waals surface area contributed by atoms with Gasteiger partial charge in [0.05, 0.1) is 16.3 Å². The summed E-state index contributed by atoms with van der Waals surface area (Å²) in [5.74, 6) is -0.241. The molecule has 1 aromatic carbocycles. The summed E-state index contributed by atoms with van der Waals surface area (Å²) < 4.78 is 19.3. The Bertz CT molecular complexity index is 753. The second kappa shape index (κ2) is 6.33. The summed E-state index contributed by atoms with van der Waals surface area (Å²) >= 11 is 1.40. The monoisotopic (exact) mass is 317 g/mol. The molecule has 0 aliphatic heterocycles. The second-order valence-electron chi connectivity index (χ2n) is 5.18. The lowest BCUT2D eigenvalue weighted by molar-refractivity contribution is 0.320. The summed E-state index contributed by atoms with van der Waals surface area (Å²) in [4.78, 5) is 3.24. The molecule has 0 saturated carbocycles. The number of hydrogen-bond acceptors (Lipinski definition) is 5. The average molecular weight is 317 g/mol. The highest BCUT2D eigenvalue weighted by Gasteiger charge is 2.12. The van der Waals surface area contributed by atoms with Crippen molar-refractivity contribution in [2.45, 2.75) is 20.0 Å². The van der Waals surface area contributed by atoms with E-state index in [1.807, 2.05) is 26.2 Å². The van der Waals surface area contributed by atoms with Gasteiger partial charge in [0.15, 0.2) is 0 Å². The third-order valence-corrected chi connectivity index (χ3v) is 4.20. The van der Waals surface area contributed by atoms with Gasteiger partial charge in [-0.15, -0.1) is 5.10 Å². The Morgan fingerprint density at radius 1 is 1.32 bits per heavy atom. The fourth-order valence-electron chi connectivity index (χ4n) is 2.30. The zero-order valence-corrected chi connectivity index (χ0v) is 13.2. The van der Waals surface area contributed by atoms with E-state index in [1.165, 1.54) is 17.6 Å². The highest BCUT2D eigenvalue weighted by Crippen LogP contribution is 2.19. The van der Waals surface area contributed by atoms with Gasteiger partial charge in [0.2, 0.25) is 0 Å². The maximum atomic E-state index is 13.6. The van der Waals surface area contributed by atoms with Crippen LogP contribution < -0.4 is 0 Å². The molecule has 0 aliphatic rings. The van der Waals surface area contributed by atoms with Crippen molar-refractivity contribution in [3.05, 3.63) is 58.6 Å². The molecule has 0 bridgehead atoms. The number of rotatable bonds is 5. The smallest absolute Gasteiger partial charge is 0.123 e. The standard InChI is InChI=1S/C15H16FN5S/c1-11-15(22-19-18-11)10-20(2)9-12-8-13(16)4-5-14(12)21-7-3-6-17-21/h3-8H,9-10H2,1-2H3. The van der Waals surface area contributed by atoms with Gasteiger partial charge in [-0.1, -0.05) is 4.49 Å². The fourth-order valence-corrected chi connectivity index (χ4v) is 3.02. The van der Waals surface area contributed by atoms with E-state index in [0.29, 0.717) is 6.54 Å². The summed E-state index contributed by atoms with van der Waals surface area (Å²) in [5.41, 5.74) is 2.72. The predicted octanol–water partition coefficient (Wildman–Crippen LogP) is 2.80. The van der Waals surface area contributed by atoms with Crippen LogP contribution in [0.5, 0.6) is 0 Å². The van der Waals surface area contributed by atoms with E-state index in [1.54, 1.807) is 23.0 Å². The molecule has 7 heteroatoms. The van der Waals surface area contributed by atoms with E-state index >= 15 is 0 Å². The number of aromatic nitrogens is 4. The van der Waals surface area contributed by atoms with Crippen molar-refractivity contribution in [1.82, 2.24) is 24.3 Å². The maximum Gasteiger partial charge on any atom is 0.123 e. The van der Waals surface area contributed by atoms with Gasteiger partial charge in [-0.3, -0.25) is 4.90 Å². The highest BCUT2D eigenvalue weighted by atomic mass is 32.1. The van der Waals surface area contributed by atoms with Crippen molar-refractivity contribution in [3.63, 3.8) is 0 Å². The molecule has 114 valence electrons. The number of benzene rings is 1. The van der Waals surface area contributed by atoms with Gasteiger partial charge in [0.1, 0.15) is 5.82 Å². The average Bonchev–Trinajstić information content (AvgIpc) is 3.12. The van der Waals surface area contributed by atoms with Crippen molar-refractivity contribution in [2.75, 3.05) is 7.05 Å². The molecular formula is C15H16FN5S. The van der Waals surface area contributed by atoms with Gasteiger partial charge in [-0.05, 0) is 55.3 Å². The molecule has 3 rings (SSSR count). The third-order valence-electron chi connectivity index (χ3n) is 3.39. The summed E-state index contributed by atoms with van der Waals surface area (Å²) in [6, 6.07) is 6.62. The predicted molar refractivity (Wildman–Crippen MR) is 83.3 cm³/mol. The first-order valence-electron chi connectivity index (χ1n) is 6.88. The Morgan fingerprint density at radius 2 is 2.18 bits per heavy atom. The molecular weight excluding hydrogens is 301 g/mol. The lowest BCUT2D eigenvalue weighted by Crippen LogP contribution is -2.18. The van der Waals surface area contributed by atoms with Crippen LogP contribution in [-0.2, 0) is 13.1 Å². The number of halogens is 1. The van der Waals surface area contributed by atoms with E-state index < -0.39 is 0 Å². The van der Waals surface area contributed by atoms with Crippen LogP contribution in [0, 0.1) is 12.7 Å². The van der Waals surface area contributed by atoms with Crippen LogP contribution >= 0.6 is 11.5 Å². The van der Waals surface area contributed by atoms with Crippen molar-refractivity contribution >= 4 is 11.5 Å². The van der Waals surface area contributed by atoms with Gasteiger partial charge in [0.25, 0.3) is 0 Å². The van der Waals surface area contributed by atoms with Gasteiger partial charge in [-0.2, -0.15) is 5.10 Å². The molecule has 5 nitrogen and oxygen atoms in total. The molecule has 2 aromatic heterocycles. The molecule has 0 amide bonds. The highest BCUT2D eigenvalue weighted by molar-refractivity contribution is 7.05. The van der Waals surface area contributed by atoms with Crippen LogP contribution in [0.1, 0.15) is 16.1 Å². The zero-order chi connectivity index (χ0) is 15.5. The largest absolute Gasteiger partial charge is 0.297 e. The molecule has 0 saturated heterocycles. The topological polar surface area (TPSA) is 46.8 Å². The van der Waals surface area contributed by atoms with Gasteiger partial charge < -0.3 is 0 Å². The first-order chi connectivity index (χ1) is 10.6. The second-order valence-corrected chi connectivity index (χ2v) is 6.02. The number of hydrogen-bond donors (Lipinski definition) is 0. The Balaban J connectivity index is 1.82. The summed E-state index contributed by atoms with van der Waals surface area (Å²) in [6.45, 7) is 3.30. The van der Waals surface area contributed by atoms with Crippen molar-refractivity contribution < 1.29 is 4.39 Å². The molecule has 2 heterocycles. The quantitative estimate of drug-likeness (QED) is 0.726. The van der Waals surface area contributed by atoms with Crippen LogP contribution in [0.25, 0.3) is 5.69 Å². The molecule has 0 spiro atoms. The minimum atomic E-state index is -0.241. The molecule has 0 atom stereocenters. The van der Waals surface area contributed by atoms with Gasteiger partial charge in [-0.25, -0.2) is 9.07 Å². The lowest BCUT2D eigenvalue weighted by Gasteiger charge is -2.18. The molecule has 0 fully saturated rings. The number of nitrogens with zero attached hydrogens (tertiary/aromatic N) is 5. The SMILES string of the molecule is Cc1nnsc1CN(C)Cc1cc(F)ccc1-n1cccn1. The van der Waals surface area contributed by atoms with Crippen LogP contribution in [0.2, 0.25) is 0 Å². The number of aryl methyl sites for hydroxylation is 1.